The van der Waals surface area contributed by atoms with E-state index in [9.17, 15) is 27.9 Å². The van der Waals surface area contributed by atoms with Gasteiger partial charge in [0, 0.05) is 10.9 Å². The zero-order valence-electron chi connectivity index (χ0n) is 16.8. The summed E-state index contributed by atoms with van der Waals surface area (Å²) in [5.74, 6) is -2.21. The molecule has 0 saturated carbocycles. The first-order valence-corrected chi connectivity index (χ1v) is 10.0. The second kappa shape index (κ2) is 9.30. The van der Waals surface area contributed by atoms with Crippen molar-refractivity contribution in [2.45, 2.75) is 13.1 Å². The van der Waals surface area contributed by atoms with Gasteiger partial charge in [-0.3, -0.25) is 15.5 Å². The monoisotopic (exact) mass is 479 g/mol. The highest BCUT2D eigenvalue weighted by atomic mass is 32.1. The summed E-state index contributed by atoms with van der Waals surface area (Å²) in [6.07, 6.45) is -4.47. The highest BCUT2D eigenvalue weighted by molar-refractivity contribution is 7.14. The number of nitrogens with one attached hydrogen (secondary N) is 2. The number of alkyl halides is 3. The van der Waals surface area contributed by atoms with Crippen LogP contribution in [-0.2, 0) is 6.18 Å². The number of hydrazone groups is 1. The van der Waals surface area contributed by atoms with Crippen molar-refractivity contribution >= 4 is 34.6 Å². The summed E-state index contributed by atoms with van der Waals surface area (Å²) >= 11 is 1.09. The van der Waals surface area contributed by atoms with E-state index in [2.05, 4.69) is 10.5 Å². The maximum atomic E-state index is 12.7. The van der Waals surface area contributed by atoms with E-state index in [-0.39, 0.29) is 33.8 Å². The molecular formula is C21H16F3N3O5S. The maximum absolute atomic E-state index is 12.7. The molecule has 3 aromatic rings. The number of anilines is 1. The first-order chi connectivity index (χ1) is 15.5. The van der Waals surface area contributed by atoms with Crippen LogP contribution in [0.15, 0.2) is 52.9 Å². The number of amides is 1. The third kappa shape index (κ3) is 5.13. The average Bonchev–Trinajstić information content (AvgIpc) is 3.17. The number of aromatic hydroxyl groups is 1. The largest absolute Gasteiger partial charge is 0.506 e. The smallest absolute Gasteiger partial charge is 0.416 e. The summed E-state index contributed by atoms with van der Waals surface area (Å²) in [5.41, 5.74) is 3.62. The number of rotatable bonds is 6. The Kier molecular flexibility index (Phi) is 6.70. The van der Waals surface area contributed by atoms with Crippen LogP contribution in [0.5, 0.6) is 5.75 Å². The Morgan fingerprint density at radius 1 is 1.06 bits per heavy atom. The van der Waals surface area contributed by atoms with Gasteiger partial charge in [-0.2, -0.15) is 18.3 Å². The van der Waals surface area contributed by atoms with Crippen molar-refractivity contribution in [3.05, 3.63) is 70.1 Å². The third-order valence-corrected chi connectivity index (χ3v) is 5.61. The van der Waals surface area contributed by atoms with Crippen LogP contribution >= 0.6 is 11.3 Å². The molecular weight excluding hydrogens is 463 g/mol. The molecule has 0 atom stereocenters. The summed E-state index contributed by atoms with van der Waals surface area (Å²) in [6, 6.07) is 7.82. The fourth-order valence-corrected chi connectivity index (χ4v) is 3.86. The number of carboxylic acid groups (broad SMARTS) is 1. The van der Waals surface area contributed by atoms with Crippen molar-refractivity contribution in [2.24, 2.45) is 5.10 Å². The van der Waals surface area contributed by atoms with Gasteiger partial charge in [-0.15, -0.1) is 11.3 Å². The molecule has 0 bridgehead atoms. The molecule has 12 heteroatoms. The summed E-state index contributed by atoms with van der Waals surface area (Å²) in [5, 5.41) is 34.1. The number of hydrogen-bond acceptors (Lipinski definition) is 7. The number of nitrogens with zero attached hydrogens (tertiary/aromatic N) is 1. The van der Waals surface area contributed by atoms with Gasteiger partial charge >= 0.3 is 12.1 Å². The molecule has 1 aromatic heterocycles. The molecule has 0 aliphatic rings. The molecule has 0 aliphatic heterocycles. The van der Waals surface area contributed by atoms with Crippen molar-refractivity contribution in [1.29, 1.82) is 0 Å². The molecule has 0 aliphatic carbocycles. The fraction of sp³-hybridized carbons (Fsp3) is 0.0952. The number of carbonyl (C=O) groups is 2. The molecule has 0 spiro atoms. The van der Waals surface area contributed by atoms with Gasteiger partial charge in [0.25, 0.3) is 5.91 Å². The third-order valence-electron chi connectivity index (χ3n) is 4.59. The molecule has 2 aromatic carbocycles. The number of carboxylic acids is 1. The molecule has 172 valence electrons. The van der Waals surface area contributed by atoms with Crippen molar-refractivity contribution < 1.29 is 38.2 Å². The lowest BCUT2D eigenvalue weighted by Gasteiger charge is -2.08. The van der Waals surface area contributed by atoms with E-state index in [1.807, 2.05) is 0 Å². The lowest BCUT2D eigenvalue weighted by Crippen LogP contribution is -2.19. The standard InChI is InChI=1S/C21H16F3N3O5S/c1-10(25-26-19(29)12-4-7-14(20(30)31)16(8-12)27-32)15-9-33-18(17(15)28)11-2-5-13(6-3-11)21(22,23)24/h2-9,27-28,32H,1H3,(H,26,29)(H,30,31). The predicted octanol–water partition coefficient (Wildman–Crippen LogP) is 4.79. The first kappa shape index (κ1) is 23.8. The van der Waals surface area contributed by atoms with E-state index in [0.29, 0.717) is 10.4 Å². The van der Waals surface area contributed by atoms with Crippen LogP contribution in [0.2, 0.25) is 0 Å². The van der Waals surface area contributed by atoms with E-state index >= 15 is 0 Å². The number of halogens is 3. The van der Waals surface area contributed by atoms with Crippen LogP contribution in [0.3, 0.4) is 0 Å². The Morgan fingerprint density at radius 3 is 2.30 bits per heavy atom. The minimum atomic E-state index is -4.47. The second-order valence-corrected chi connectivity index (χ2v) is 7.60. The molecule has 0 saturated heterocycles. The van der Waals surface area contributed by atoms with Crippen molar-refractivity contribution in [3.8, 4) is 16.2 Å². The molecule has 0 fully saturated rings. The van der Waals surface area contributed by atoms with Crippen LogP contribution < -0.4 is 10.9 Å². The minimum absolute atomic E-state index is 0.00749. The molecule has 33 heavy (non-hydrogen) atoms. The van der Waals surface area contributed by atoms with E-state index in [1.165, 1.54) is 25.1 Å². The number of aromatic carboxylic acids is 1. The SMILES string of the molecule is CC(=NNC(=O)c1ccc(C(=O)O)c(NO)c1)c1csc(-c2ccc(C(F)(F)F)cc2)c1O. The Bertz CT molecular complexity index is 1240. The molecule has 0 unspecified atom stereocenters. The van der Waals surface area contributed by atoms with Gasteiger partial charge in [0.1, 0.15) is 5.75 Å². The molecule has 8 nitrogen and oxygen atoms in total. The van der Waals surface area contributed by atoms with Crippen molar-refractivity contribution in [1.82, 2.24) is 5.43 Å². The lowest BCUT2D eigenvalue weighted by molar-refractivity contribution is -0.137. The van der Waals surface area contributed by atoms with Gasteiger partial charge in [-0.05, 0) is 42.8 Å². The van der Waals surface area contributed by atoms with Crippen LogP contribution in [0.25, 0.3) is 10.4 Å². The molecule has 0 radical (unpaired) electrons. The van der Waals surface area contributed by atoms with Crippen LogP contribution in [0, 0.1) is 0 Å². The summed E-state index contributed by atoms with van der Waals surface area (Å²) in [4.78, 5) is 23.7. The lowest BCUT2D eigenvalue weighted by atomic mass is 10.1. The number of hydrogen-bond donors (Lipinski definition) is 5. The summed E-state index contributed by atoms with van der Waals surface area (Å²) < 4.78 is 38.2. The Labute approximate surface area is 188 Å². The van der Waals surface area contributed by atoms with Gasteiger partial charge in [-0.1, -0.05) is 12.1 Å². The quantitative estimate of drug-likeness (QED) is 0.255. The van der Waals surface area contributed by atoms with Crippen LogP contribution in [0.1, 0.15) is 38.8 Å². The van der Waals surface area contributed by atoms with Crippen LogP contribution in [0.4, 0.5) is 18.9 Å². The Balaban J connectivity index is 1.79. The predicted molar refractivity (Wildman–Crippen MR) is 115 cm³/mol. The normalized spacial score (nSPS) is 11.8. The zero-order valence-corrected chi connectivity index (χ0v) is 17.6. The van der Waals surface area contributed by atoms with Crippen LogP contribution in [-0.4, -0.2) is 33.0 Å². The van der Waals surface area contributed by atoms with Gasteiger partial charge in [0.15, 0.2) is 0 Å². The van der Waals surface area contributed by atoms with Gasteiger partial charge < -0.3 is 10.2 Å². The van der Waals surface area contributed by atoms with Crippen molar-refractivity contribution in [2.75, 3.05) is 5.48 Å². The zero-order chi connectivity index (χ0) is 24.3. The molecule has 1 amide bonds. The van der Waals surface area contributed by atoms with E-state index in [0.717, 1.165) is 35.6 Å². The second-order valence-electron chi connectivity index (χ2n) is 6.72. The first-order valence-electron chi connectivity index (χ1n) is 9.13. The number of carbonyl (C=O) groups excluding carboxylic acids is 1. The summed E-state index contributed by atoms with van der Waals surface area (Å²) in [6.45, 7) is 1.51. The Morgan fingerprint density at radius 2 is 1.73 bits per heavy atom. The number of thiophene rings is 1. The Hall–Kier alpha value is -3.90. The highest BCUT2D eigenvalue weighted by Gasteiger charge is 2.30. The van der Waals surface area contributed by atoms with E-state index in [4.69, 9.17) is 10.3 Å². The average molecular weight is 479 g/mol. The molecule has 1 heterocycles. The fourth-order valence-electron chi connectivity index (χ4n) is 2.85. The van der Waals surface area contributed by atoms with Gasteiger partial charge in [0.05, 0.1) is 33.0 Å². The molecule has 5 N–H and O–H groups in total. The summed E-state index contributed by atoms with van der Waals surface area (Å²) in [7, 11) is 0. The molecule has 3 rings (SSSR count). The maximum Gasteiger partial charge on any atom is 0.416 e. The highest BCUT2D eigenvalue weighted by Crippen LogP contribution is 2.40. The van der Waals surface area contributed by atoms with Gasteiger partial charge in [0.2, 0.25) is 0 Å². The van der Waals surface area contributed by atoms with E-state index in [1.54, 1.807) is 10.9 Å². The van der Waals surface area contributed by atoms with Crippen molar-refractivity contribution in [3.63, 3.8) is 0 Å². The topological polar surface area (TPSA) is 131 Å². The minimum Gasteiger partial charge on any atom is -0.506 e. The number of benzene rings is 2. The van der Waals surface area contributed by atoms with Gasteiger partial charge in [-0.25, -0.2) is 10.2 Å². The van der Waals surface area contributed by atoms with E-state index < -0.39 is 23.6 Å².